The monoisotopic (exact) mass is 389 g/mol. The summed E-state index contributed by atoms with van der Waals surface area (Å²) >= 11 is 0. The molecule has 0 aliphatic heterocycles. The molecule has 0 fully saturated rings. The molecule has 0 atom stereocenters. The second kappa shape index (κ2) is 10.3. The molecule has 0 bridgehead atoms. The Kier molecular flexibility index (Phi) is 7.28. The lowest BCUT2D eigenvalue weighted by atomic mass is 10.1. The molecule has 0 aromatic heterocycles. The minimum atomic E-state index is -0.168. The molecule has 0 spiro atoms. The standard InChI is InChI=1S/C25H27NO3/c1-19(2)15-16-28-23-13-11-21(12-14-23)25(27)26-22-9-6-10-24(17-22)29-18-20-7-4-3-5-8-20/h3-14,17,19H,15-16,18H2,1-2H3,(H,26,27). The van der Waals surface area contributed by atoms with E-state index in [1.165, 1.54) is 0 Å². The molecule has 0 saturated carbocycles. The van der Waals surface area contributed by atoms with Gasteiger partial charge in [-0.15, -0.1) is 0 Å². The van der Waals surface area contributed by atoms with Crippen LogP contribution in [0.5, 0.6) is 11.5 Å². The smallest absolute Gasteiger partial charge is 0.255 e. The van der Waals surface area contributed by atoms with E-state index in [0.29, 0.717) is 36.1 Å². The van der Waals surface area contributed by atoms with Gasteiger partial charge in [0.15, 0.2) is 0 Å². The fraction of sp³-hybridized carbons (Fsp3) is 0.240. The molecule has 0 saturated heterocycles. The Labute approximate surface area is 172 Å². The molecule has 3 rings (SSSR count). The van der Waals surface area contributed by atoms with E-state index in [1.54, 1.807) is 12.1 Å². The topological polar surface area (TPSA) is 47.6 Å². The predicted octanol–water partition coefficient (Wildman–Crippen LogP) is 5.94. The van der Waals surface area contributed by atoms with Crippen molar-refractivity contribution in [2.75, 3.05) is 11.9 Å². The van der Waals surface area contributed by atoms with Gasteiger partial charge in [0, 0.05) is 17.3 Å². The minimum Gasteiger partial charge on any atom is -0.494 e. The van der Waals surface area contributed by atoms with Gasteiger partial charge in [-0.2, -0.15) is 0 Å². The van der Waals surface area contributed by atoms with E-state index in [9.17, 15) is 4.79 Å². The van der Waals surface area contributed by atoms with E-state index in [4.69, 9.17) is 9.47 Å². The highest BCUT2D eigenvalue weighted by molar-refractivity contribution is 6.04. The minimum absolute atomic E-state index is 0.168. The highest BCUT2D eigenvalue weighted by atomic mass is 16.5. The second-order valence-electron chi connectivity index (χ2n) is 7.31. The summed E-state index contributed by atoms with van der Waals surface area (Å²) in [7, 11) is 0. The summed E-state index contributed by atoms with van der Waals surface area (Å²) < 4.78 is 11.5. The molecule has 0 unspecified atom stereocenters. The molecule has 3 aromatic carbocycles. The second-order valence-corrected chi connectivity index (χ2v) is 7.31. The maximum absolute atomic E-state index is 12.5. The fourth-order valence-electron chi connectivity index (χ4n) is 2.72. The van der Waals surface area contributed by atoms with Crippen LogP contribution in [0.1, 0.15) is 36.2 Å². The highest BCUT2D eigenvalue weighted by Gasteiger charge is 2.07. The van der Waals surface area contributed by atoms with E-state index in [0.717, 1.165) is 17.7 Å². The molecule has 4 nitrogen and oxygen atoms in total. The van der Waals surface area contributed by atoms with Gasteiger partial charge in [0.2, 0.25) is 0 Å². The SMILES string of the molecule is CC(C)CCOc1ccc(C(=O)Nc2cccc(OCc3ccccc3)c2)cc1. The van der Waals surface area contributed by atoms with Crippen LogP contribution in [-0.2, 0) is 6.61 Å². The Balaban J connectivity index is 1.54. The maximum atomic E-state index is 12.5. The fourth-order valence-corrected chi connectivity index (χ4v) is 2.72. The van der Waals surface area contributed by atoms with Crippen molar-refractivity contribution in [3.63, 3.8) is 0 Å². The normalized spacial score (nSPS) is 10.6. The summed E-state index contributed by atoms with van der Waals surface area (Å²) in [4.78, 5) is 12.5. The average Bonchev–Trinajstić information content (AvgIpc) is 2.73. The lowest BCUT2D eigenvalue weighted by molar-refractivity contribution is 0.102. The highest BCUT2D eigenvalue weighted by Crippen LogP contribution is 2.20. The van der Waals surface area contributed by atoms with Gasteiger partial charge in [-0.05, 0) is 54.3 Å². The van der Waals surface area contributed by atoms with Gasteiger partial charge in [0.25, 0.3) is 5.91 Å². The Hall–Kier alpha value is -3.27. The zero-order valence-corrected chi connectivity index (χ0v) is 16.9. The Morgan fingerprint density at radius 3 is 2.34 bits per heavy atom. The van der Waals surface area contributed by atoms with E-state index in [1.807, 2.05) is 66.7 Å². The van der Waals surface area contributed by atoms with Crippen LogP contribution >= 0.6 is 0 Å². The van der Waals surface area contributed by atoms with Crippen LogP contribution in [0, 0.1) is 5.92 Å². The maximum Gasteiger partial charge on any atom is 0.255 e. The van der Waals surface area contributed by atoms with E-state index >= 15 is 0 Å². The molecule has 0 aliphatic carbocycles. The van der Waals surface area contributed by atoms with E-state index < -0.39 is 0 Å². The molecule has 0 aliphatic rings. The predicted molar refractivity (Wildman–Crippen MR) is 117 cm³/mol. The van der Waals surface area contributed by atoms with Crippen molar-refractivity contribution in [1.29, 1.82) is 0 Å². The van der Waals surface area contributed by atoms with Gasteiger partial charge in [0.1, 0.15) is 18.1 Å². The molecule has 0 heterocycles. The first-order valence-electron chi connectivity index (χ1n) is 9.91. The van der Waals surface area contributed by atoms with Crippen molar-refractivity contribution >= 4 is 11.6 Å². The van der Waals surface area contributed by atoms with Crippen molar-refractivity contribution in [1.82, 2.24) is 0 Å². The van der Waals surface area contributed by atoms with Gasteiger partial charge < -0.3 is 14.8 Å². The number of nitrogens with one attached hydrogen (secondary N) is 1. The summed E-state index contributed by atoms with van der Waals surface area (Å²) in [5, 5.41) is 2.91. The first kappa shape index (κ1) is 20.5. The third kappa shape index (κ3) is 6.68. The number of benzene rings is 3. The Morgan fingerprint density at radius 2 is 1.62 bits per heavy atom. The number of amides is 1. The summed E-state index contributed by atoms with van der Waals surface area (Å²) in [6, 6.07) is 24.6. The van der Waals surface area contributed by atoms with Crippen LogP contribution in [0.3, 0.4) is 0 Å². The number of rotatable bonds is 9. The van der Waals surface area contributed by atoms with Crippen LogP contribution in [0.15, 0.2) is 78.9 Å². The summed E-state index contributed by atoms with van der Waals surface area (Å²) in [5.41, 5.74) is 2.37. The Morgan fingerprint density at radius 1 is 0.862 bits per heavy atom. The van der Waals surface area contributed by atoms with Gasteiger partial charge in [0.05, 0.1) is 6.61 Å². The molecule has 1 N–H and O–H groups in total. The van der Waals surface area contributed by atoms with Crippen molar-refractivity contribution < 1.29 is 14.3 Å². The lowest BCUT2D eigenvalue weighted by Crippen LogP contribution is -2.12. The zero-order chi connectivity index (χ0) is 20.5. The molecular formula is C25H27NO3. The molecule has 1 amide bonds. The van der Waals surface area contributed by atoms with Crippen molar-refractivity contribution in [3.05, 3.63) is 90.0 Å². The van der Waals surface area contributed by atoms with Crippen LogP contribution in [0.4, 0.5) is 5.69 Å². The number of hydrogen-bond acceptors (Lipinski definition) is 3. The first-order chi connectivity index (χ1) is 14.1. The molecule has 0 radical (unpaired) electrons. The van der Waals surface area contributed by atoms with Crippen LogP contribution in [-0.4, -0.2) is 12.5 Å². The van der Waals surface area contributed by atoms with Gasteiger partial charge >= 0.3 is 0 Å². The first-order valence-corrected chi connectivity index (χ1v) is 9.91. The Bertz CT molecular complexity index is 905. The quantitative estimate of drug-likeness (QED) is 0.492. The van der Waals surface area contributed by atoms with Gasteiger partial charge in [-0.1, -0.05) is 50.2 Å². The summed E-state index contributed by atoms with van der Waals surface area (Å²) in [6.07, 6.45) is 1.00. The third-order valence-electron chi connectivity index (χ3n) is 4.42. The number of ether oxygens (including phenoxy) is 2. The van der Waals surface area contributed by atoms with E-state index in [2.05, 4.69) is 19.2 Å². The number of carbonyl (C=O) groups is 1. The van der Waals surface area contributed by atoms with Gasteiger partial charge in [-0.25, -0.2) is 0 Å². The van der Waals surface area contributed by atoms with Crippen LogP contribution < -0.4 is 14.8 Å². The molecule has 4 heteroatoms. The number of hydrogen-bond donors (Lipinski definition) is 1. The van der Waals surface area contributed by atoms with Gasteiger partial charge in [-0.3, -0.25) is 4.79 Å². The summed E-state index contributed by atoms with van der Waals surface area (Å²) in [5.74, 6) is 1.92. The van der Waals surface area contributed by atoms with Crippen molar-refractivity contribution in [2.45, 2.75) is 26.9 Å². The third-order valence-corrected chi connectivity index (χ3v) is 4.42. The van der Waals surface area contributed by atoms with Crippen molar-refractivity contribution in [2.24, 2.45) is 5.92 Å². The van der Waals surface area contributed by atoms with Crippen LogP contribution in [0.25, 0.3) is 0 Å². The molecule has 29 heavy (non-hydrogen) atoms. The largest absolute Gasteiger partial charge is 0.494 e. The number of anilines is 1. The molecular weight excluding hydrogens is 362 g/mol. The van der Waals surface area contributed by atoms with E-state index in [-0.39, 0.29) is 5.91 Å². The zero-order valence-electron chi connectivity index (χ0n) is 16.9. The molecule has 3 aromatic rings. The molecule has 150 valence electrons. The number of carbonyl (C=O) groups excluding carboxylic acids is 1. The van der Waals surface area contributed by atoms with Crippen molar-refractivity contribution in [3.8, 4) is 11.5 Å². The average molecular weight is 389 g/mol. The van der Waals surface area contributed by atoms with Crippen LogP contribution in [0.2, 0.25) is 0 Å². The summed E-state index contributed by atoms with van der Waals surface area (Å²) in [6.45, 7) is 5.49. The lowest BCUT2D eigenvalue weighted by Gasteiger charge is -2.10.